The molecule has 7 heteroatoms. The molecule has 160 valence electrons. The third kappa shape index (κ3) is 3.96. The number of carbonyl (C=O) groups is 3. The Morgan fingerprint density at radius 1 is 0.812 bits per heavy atom. The Labute approximate surface area is 185 Å². The van der Waals surface area contributed by atoms with Gasteiger partial charge in [0.15, 0.2) is 0 Å². The van der Waals surface area contributed by atoms with Crippen LogP contribution in [0.15, 0.2) is 84.6 Å². The number of para-hydroxylation sites is 2. The summed E-state index contributed by atoms with van der Waals surface area (Å²) in [5, 5.41) is 5.80. The van der Waals surface area contributed by atoms with Crippen molar-refractivity contribution in [3.8, 4) is 5.75 Å². The highest BCUT2D eigenvalue weighted by molar-refractivity contribution is 6.46. The molecule has 2 N–H and O–H groups in total. The molecule has 3 amide bonds. The normalized spacial score (nSPS) is 13.4. The number of amides is 3. The number of benzene rings is 3. The Bertz CT molecular complexity index is 1220. The van der Waals surface area contributed by atoms with E-state index in [9.17, 15) is 14.4 Å². The zero-order valence-corrected chi connectivity index (χ0v) is 17.6. The predicted octanol–water partition coefficient (Wildman–Crippen LogP) is 4.05. The number of carbonyl (C=O) groups excluding carboxylic acids is 3. The van der Waals surface area contributed by atoms with Gasteiger partial charge in [-0.05, 0) is 42.0 Å². The minimum absolute atomic E-state index is 0.166. The molecule has 32 heavy (non-hydrogen) atoms. The summed E-state index contributed by atoms with van der Waals surface area (Å²) in [5.41, 5.74) is 2.67. The zero-order chi connectivity index (χ0) is 22.7. The van der Waals surface area contributed by atoms with Crippen LogP contribution in [-0.2, 0) is 14.4 Å². The number of hydrogen-bond acceptors (Lipinski definition) is 5. The van der Waals surface area contributed by atoms with Crippen LogP contribution in [0.1, 0.15) is 12.5 Å². The fourth-order valence-corrected chi connectivity index (χ4v) is 3.54. The SMILES string of the molecule is COc1ccccc1N1C(=O)C(Nc2ccc(NC(C)=O)cc2)=C(c2ccccc2)C1=O. The largest absolute Gasteiger partial charge is 0.495 e. The Kier molecular flexibility index (Phi) is 5.72. The lowest BCUT2D eigenvalue weighted by Gasteiger charge is -2.18. The van der Waals surface area contributed by atoms with Crippen LogP contribution in [0, 0.1) is 0 Å². The molecule has 4 rings (SSSR count). The second-order valence-corrected chi connectivity index (χ2v) is 7.12. The molecular formula is C25H21N3O4. The Hall–Kier alpha value is -4.39. The average Bonchev–Trinajstić information content (AvgIpc) is 3.04. The Morgan fingerprint density at radius 2 is 1.44 bits per heavy atom. The summed E-state index contributed by atoms with van der Waals surface area (Å²) in [4.78, 5) is 39.3. The third-order valence-electron chi connectivity index (χ3n) is 4.95. The van der Waals surface area contributed by atoms with Crippen LogP contribution in [-0.4, -0.2) is 24.8 Å². The van der Waals surface area contributed by atoms with E-state index in [4.69, 9.17) is 4.74 Å². The van der Waals surface area contributed by atoms with E-state index in [-0.39, 0.29) is 17.2 Å². The van der Waals surface area contributed by atoms with Gasteiger partial charge >= 0.3 is 0 Å². The fourth-order valence-electron chi connectivity index (χ4n) is 3.54. The van der Waals surface area contributed by atoms with E-state index < -0.39 is 11.8 Å². The van der Waals surface area contributed by atoms with Crippen molar-refractivity contribution in [1.29, 1.82) is 0 Å². The quantitative estimate of drug-likeness (QED) is 0.580. The van der Waals surface area contributed by atoms with Gasteiger partial charge < -0.3 is 15.4 Å². The third-order valence-corrected chi connectivity index (χ3v) is 4.95. The topological polar surface area (TPSA) is 87.7 Å². The lowest BCUT2D eigenvalue weighted by atomic mass is 10.0. The highest BCUT2D eigenvalue weighted by atomic mass is 16.5. The van der Waals surface area contributed by atoms with Crippen LogP contribution in [0.2, 0.25) is 0 Å². The number of nitrogens with zero attached hydrogens (tertiary/aromatic N) is 1. The summed E-state index contributed by atoms with van der Waals surface area (Å²) in [6.45, 7) is 1.43. The van der Waals surface area contributed by atoms with Gasteiger partial charge in [-0.2, -0.15) is 0 Å². The molecule has 0 radical (unpaired) electrons. The molecule has 7 nitrogen and oxygen atoms in total. The maximum absolute atomic E-state index is 13.5. The molecule has 0 spiro atoms. The first-order chi connectivity index (χ1) is 15.5. The second-order valence-electron chi connectivity index (χ2n) is 7.12. The van der Waals surface area contributed by atoms with Crippen molar-refractivity contribution >= 4 is 40.4 Å². The molecule has 0 bridgehead atoms. The number of nitrogens with one attached hydrogen (secondary N) is 2. The van der Waals surface area contributed by atoms with Crippen LogP contribution in [0.5, 0.6) is 5.75 Å². The van der Waals surface area contributed by atoms with E-state index in [1.807, 2.05) is 18.2 Å². The molecule has 0 atom stereocenters. The fraction of sp³-hybridized carbons (Fsp3) is 0.0800. The van der Waals surface area contributed by atoms with Crippen molar-refractivity contribution < 1.29 is 19.1 Å². The van der Waals surface area contributed by atoms with Gasteiger partial charge in [0.2, 0.25) is 5.91 Å². The van der Waals surface area contributed by atoms with Crippen LogP contribution in [0.4, 0.5) is 17.1 Å². The molecule has 3 aromatic rings. The summed E-state index contributed by atoms with van der Waals surface area (Å²) < 4.78 is 5.37. The molecule has 0 saturated carbocycles. The van der Waals surface area contributed by atoms with Gasteiger partial charge in [-0.1, -0.05) is 42.5 Å². The highest BCUT2D eigenvalue weighted by Gasteiger charge is 2.41. The van der Waals surface area contributed by atoms with Crippen LogP contribution in [0.3, 0.4) is 0 Å². The monoisotopic (exact) mass is 427 g/mol. The number of ether oxygens (including phenoxy) is 1. The Morgan fingerprint density at radius 3 is 2.09 bits per heavy atom. The van der Waals surface area contributed by atoms with Crippen LogP contribution >= 0.6 is 0 Å². The molecule has 0 unspecified atom stereocenters. The summed E-state index contributed by atoms with van der Waals surface area (Å²) in [6.07, 6.45) is 0. The van der Waals surface area contributed by atoms with Crippen molar-refractivity contribution in [2.45, 2.75) is 6.92 Å². The van der Waals surface area contributed by atoms with E-state index in [1.165, 1.54) is 14.0 Å². The van der Waals surface area contributed by atoms with Crippen molar-refractivity contribution in [2.75, 3.05) is 22.6 Å². The molecule has 3 aromatic carbocycles. The first-order valence-electron chi connectivity index (χ1n) is 9.95. The van der Waals surface area contributed by atoms with E-state index in [1.54, 1.807) is 60.7 Å². The molecule has 0 fully saturated rings. The minimum atomic E-state index is -0.482. The van der Waals surface area contributed by atoms with E-state index >= 15 is 0 Å². The maximum Gasteiger partial charge on any atom is 0.282 e. The predicted molar refractivity (Wildman–Crippen MR) is 123 cm³/mol. The highest BCUT2D eigenvalue weighted by Crippen LogP contribution is 2.37. The number of hydrogen-bond donors (Lipinski definition) is 2. The van der Waals surface area contributed by atoms with Gasteiger partial charge in [0, 0.05) is 18.3 Å². The molecule has 1 aliphatic heterocycles. The smallest absolute Gasteiger partial charge is 0.282 e. The minimum Gasteiger partial charge on any atom is -0.495 e. The molecular weight excluding hydrogens is 406 g/mol. The molecule has 1 aliphatic rings. The van der Waals surface area contributed by atoms with E-state index in [2.05, 4.69) is 10.6 Å². The number of anilines is 3. The van der Waals surface area contributed by atoms with Gasteiger partial charge in [0.25, 0.3) is 11.8 Å². The molecule has 0 saturated heterocycles. The first-order valence-corrected chi connectivity index (χ1v) is 9.95. The van der Waals surface area contributed by atoms with Gasteiger partial charge in [-0.15, -0.1) is 0 Å². The molecule has 0 aromatic heterocycles. The number of methoxy groups -OCH3 is 1. The van der Waals surface area contributed by atoms with Crippen molar-refractivity contribution in [1.82, 2.24) is 0 Å². The molecule has 0 aliphatic carbocycles. The standard InChI is InChI=1S/C25H21N3O4/c1-16(29)26-18-12-14-19(15-13-18)27-23-22(17-8-4-3-5-9-17)24(30)28(25(23)31)20-10-6-7-11-21(20)32-2/h3-15,27H,1-2H3,(H,26,29). The molecule has 1 heterocycles. The summed E-state index contributed by atoms with van der Waals surface area (Å²) >= 11 is 0. The van der Waals surface area contributed by atoms with E-state index in [0.717, 1.165) is 4.90 Å². The van der Waals surface area contributed by atoms with Crippen LogP contribution < -0.4 is 20.3 Å². The lowest BCUT2D eigenvalue weighted by molar-refractivity contribution is -0.120. The summed E-state index contributed by atoms with van der Waals surface area (Å²) in [5.74, 6) is -0.682. The van der Waals surface area contributed by atoms with Crippen molar-refractivity contribution in [2.24, 2.45) is 0 Å². The first kappa shape index (κ1) is 20.9. The van der Waals surface area contributed by atoms with Gasteiger partial charge in [-0.25, -0.2) is 4.90 Å². The van der Waals surface area contributed by atoms with Crippen molar-refractivity contribution in [3.05, 3.63) is 90.1 Å². The zero-order valence-electron chi connectivity index (χ0n) is 17.6. The van der Waals surface area contributed by atoms with Gasteiger partial charge in [0.1, 0.15) is 11.4 Å². The average molecular weight is 427 g/mol. The summed E-state index contributed by atoms with van der Waals surface area (Å²) in [7, 11) is 1.49. The summed E-state index contributed by atoms with van der Waals surface area (Å²) in [6, 6.07) is 22.8. The number of rotatable bonds is 6. The van der Waals surface area contributed by atoms with Crippen LogP contribution in [0.25, 0.3) is 5.57 Å². The van der Waals surface area contributed by atoms with Crippen molar-refractivity contribution in [3.63, 3.8) is 0 Å². The maximum atomic E-state index is 13.5. The second kappa shape index (κ2) is 8.77. The van der Waals surface area contributed by atoms with E-state index in [0.29, 0.717) is 28.4 Å². The number of imide groups is 1. The van der Waals surface area contributed by atoms with Gasteiger partial charge in [-0.3, -0.25) is 14.4 Å². The lowest BCUT2D eigenvalue weighted by Crippen LogP contribution is -2.32. The van der Waals surface area contributed by atoms with Gasteiger partial charge in [0.05, 0.1) is 18.4 Å². The Balaban J connectivity index is 1.76.